The molecule has 1 aliphatic heterocycles. The van der Waals surface area contributed by atoms with Crippen LogP contribution < -0.4 is 11.2 Å². The maximum absolute atomic E-state index is 12.5. The Bertz CT molecular complexity index is 1360. The highest BCUT2D eigenvalue weighted by Gasteiger charge is 2.20. The van der Waals surface area contributed by atoms with Gasteiger partial charge in [0.15, 0.2) is 11.2 Å². The molecule has 0 spiro atoms. The summed E-state index contributed by atoms with van der Waals surface area (Å²) < 4.78 is 5.87. The number of thiophene rings is 1. The lowest BCUT2D eigenvalue weighted by atomic mass is 10.0. The van der Waals surface area contributed by atoms with E-state index in [1.54, 1.807) is 18.3 Å². The van der Waals surface area contributed by atoms with Gasteiger partial charge in [-0.1, -0.05) is 18.2 Å². The monoisotopic (exact) mass is 423 g/mol. The van der Waals surface area contributed by atoms with Crippen molar-refractivity contribution >= 4 is 32.6 Å². The molecule has 0 saturated heterocycles. The standard InChI is InChI=1S/C22H25N5O2S/c1-24-20-19(21(28)25(2)22(24)29)27(14-23-20)11-6-5-10-26-12-9-18-16(13-26)15-7-3-4-8-17(15)30-18/h3-4,7-8,14H,5-6,9-13H2,1-2H3. The normalized spacial score (nSPS) is 14.6. The number of nitrogens with zero attached hydrogens (tertiary/aromatic N) is 5. The molecule has 8 heteroatoms. The molecular weight excluding hydrogens is 398 g/mol. The van der Waals surface area contributed by atoms with E-state index in [2.05, 4.69) is 34.1 Å². The zero-order chi connectivity index (χ0) is 20.8. The molecule has 4 heterocycles. The topological polar surface area (TPSA) is 65.1 Å². The van der Waals surface area contributed by atoms with Gasteiger partial charge in [0.25, 0.3) is 5.56 Å². The van der Waals surface area contributed by atoms with Gasteiger partial charge in [-0.25, -0.2) is 9.78 Å². The maximum Gasteiger partial charge on any atom is 0.332 e. The Morgan fingerprint density at radius 3 is 2.73 bits per heavy atom. The highest BCUT2D eigenvalue weighted by atomic mass is 32.1. The summed E-state index contributed by atoms with van der Waals surface area (Å²) >= 11 is 1.94. The lowest BCUT2D eigenvalue weighted by Gasteiger charge is -2.27. The zero-order valence-corrected chi connectivity index (χ0v) is 18.1. The molecule has 0 amide bonds. The summed E-state index contributed by atoms with van der Waals surface area (Å²) in [6, 6.07) is 8.71. The van der Waals surface area contributed by atoms with Gasteiger partial charge in [0.05, 0.1) is 6.33 Å². The van der Waals surface area contributed by atoms with Gasteiger partial charge < -0.3 is 4.57 Å². The molecule has 0 unspecified atom stereocenters. The highest BCUT2D eigenvalue weighted by Crippen LogP contribution is 2.35. The SMILES string of the molecule is Cn1c(=O)c2c(ncn2CCCCN2CCc3sc4ccccc4c3C2)n(C)c1=O. The molecule has 0 fully saturated rings. The van der Waals surface area contributed by atoms with E-state index in [1.165, 1.54) is 27.3 Å². The fourth-order valence-electron chi connectivity index (χ4n) is 4.46. The fraction of sp³-hybridized carbons (Fsp3) is 0.409. The first-order chi connectivity index (χ1) is 14.5. The first-order valence-electron chi connectivity index (χ1n) is 10.4. The van der Waals surface area contributed by atoms with Crippen LogP contribution in [0, 0.1) is 0 Å². The summed E-state index contributed by atoms with van der Waals surface area (Å²) in [5, 5.41) is 1.41. The number of unbranched alkanes of at least 4 members (excludes halogenated alkanes) is 1. The lowest BCUT2D eigenvalue weighted by molar-refractivity contribution is 0.250. The first-order valence-corrected chi connectivity index (χ1v) is 11.2. The van der Waals surface area contributed by atoms with Crippen LogP contribution in [0.3, 0.4) is 0 Å². The number of rotatable bonds is 5. The summed E-state index contributed by atoms with van der Waals surface area (Å²) in [5.41, 5.74) is 1.84. The van der Waals surface area contributed by atoms with Crippen LogP contribution >= 0.6 is 11.3 Å². The van der Waals surface area contributed by atoms with E-state index in [1.807, 2.05) is 15.9 Å². The summed E-state index contributed by atoms with van der Waals surface area (Å²) in [4.78, 5) is 33.0. The smallest absolute Gasteiger partial charge is 0.325 e. The van der Waals surface area contributed by atoms with Gasteiger partial charge in [-0.3, -0.25) is 18.8 Å². The molecule has 1 aromatic carbocycles. The third-order valence-corrected chi connectivity index (χ3v) is 7.43. The molecule has 5 rings (SSSR count). The summed E-state index contributed by atoms with van der Waals surface area (Å²) in [5.74, 6) is 0. The Hall–Kier alpha value is -2.71. The Labute approximate surface area is 177 Å². The van der Waals surface area contributed by atoms with E-state index in [-0.39, 0.29) is 11.2 Å². The quantitative estimate of drug-likeness (QED) is 0.463. The van der Waals surface area contributed by atoms with Crippen LogP contribution in [-0.2, 0) is 33.6 Å². The van der Waals surface area contributed by atoms with Gasteiger partial charge in [0.1, 0.15) is 0 Å². The van der Waals surface area contributed by atoms with Crippen LogP contribution in [0.15, 0.2) is 40.2 Å². The minimum atomic E-state index is -0.344. The predicted molar refractivity (Wildman–Crippen MR) is 120 cm³/mol. The van der Waals surface area contributed by atoms with E-state index in [9.17, 15) is 9.59 Å². The van der Waals surface area contributed by atoms with E-state index in [0.717, 1.165) is 50.0 Å². The lowest BCUT2D eigenvalue weighted by Crippen LogP contribution is -2.37. The molecule has 156 valence electrons. The van der Waals surface area contributed by atoms with Crippen molar-refractivity contribution in [3.05, 3.63) is 61.9 Å². The van der Waals surface area contributed by atoms with E-state index < -0.39 is 0 Å². The molecule has 0 aliphatic carbocycles. The van der Waals surface area contributed by atoms with Crippen LogP contribution in [0.2, 0.25) is 0 Å². The molecular formula is C22H25N5O2S. The number of aryl methyl sites for hydroxylation is 2. The third-order valence-electron chi connectivity index (χ3n) is 6.16. The summed E-state index contributed by atoms with van der Waals surface area (Å²) in [6.07, 6.45) is 4.83. The molecule has 30 heavy (non-hydrogen) atoms. The molecule has 0 saturated carbocycles. The molecule has 0 N–H and O–H groups in total. The Balaban J connectivity index is 1.25. The van der Waals surface area contributed by atoms with Crippen molar-refractivity contribution in [3.8, 4) is 0 Å². The summed E-state index contributed by atoms with van der Waals surface area (Å²) in [7, 11) is 3.17. The Morgan fingerprint density at radius 2 is 1.87 bits per heavy atom. The number of hydrogen-bond acceptors (Lipinski definition) is 5. The average Bonchev–Trinajstić information content (AvgIpc) is 3.35. The molecule has 0 radical (unpaired) electrons. The second-order valence-corrected chi connectivity index (χ2v) is 9.19. The van der Waals surface area contributed by atoms with Gasteiger partial charge >= 0.3 is 5.69 Å². The second-order valence-electron chi connectivity index (χ2n) is 8.05. The minimum absolute atomic E-state index is 0.279. The van der Waals surface area contributed by atoms with Gasteiger partial charge in [0, 0.05) is 43.3 Å². The predicted octanol–water partition coefficient (Wildman–Crippen LogP) is 2.49. The van der Waals surface area contributed by atoms with Crippen LogP contribution in [0.1, 0.15) is 23.3 Å². The van der Waals surface area contributed by atoms with Crippen LogP contribution in [-0.4, -0.2) is 36.7 Å². The molecule has 4 aromatic rings. The van der Waals surface area contributed by atoms with Crippen LogP contribution in [0.5, 0.6) is 0 Å². The van der Waals surface area contributed by atoms with Gasteiger partial charge in [-0.15, -0.1) is 11.3 Å². The number of benzene rings is 1. The molecule has 3 aromatic heterocycles. The van der Waals surface area contributed by atoms with Crippen molar-refractivity contribution in [3.63, 3.8) is 0 Å². The van der Waals surface area contributed by atoms with Crippen molar-refractivity contribution in [2.24, 2.45) is 14.1 Å². The molecule has 0 atom stereocenters. The second kappa shape index (κ2) is 7.52. The van der Waals surface area contributed by atoms with Gasteiger partial charge in [-0.2, -0.15) is 0 Å². The number of hydrogen-bond donors (Lipinski definition) is 0. The highest BCUT2D eigenvalue weighted by molar-refractivity contribution is 7.19. The van der Waals surface area contributed by atoms with E-state index >= 15 is 0 Å². The number of aromatic nitrogens is 4. The largest absolute Gasteiger partial charge is 0.332 e. The molecule has 7 nitrogen and oxygen atoms in total. The molecule has 1 aliphatic rings. The molecule has 0 bridgehead atoms. The Kier molecular flexibility index (Phi) is 4.83. The van der Waals surface area contributed by atoms with Crippen molar-refractivity contribution < 1.29 is 0 Å². The van der Waals surface area contributed by atoms with Crippen molar-refractivity contribution in [2.45, 2.75) is 32.4 Å². The maximum atomic E-state index is 12.5. The zero-order valence-electron chi connectivity index (χ0n) is 17.3. The third kappa shape index (κ3) is 3.11. The van der Waals surface area contributed by atoms with Gasteiger partial charge in [-0.05, 0) is 42.8 Å². The van der Waals surface area contributed by atoms with Crippen LogP contribution in [0.25, 0.3) is 21.3 Å². The van der Waals surface area contributed by atoms with Crippen molar-refractivity contribution in [1.29, 1.82) is 0 Å². The fourth-order valence-corrected chi connectivity index (χ4v) is 5.67. The average molecular weight is 424 g/mol. The van der Waals surface area contributed by atoms with Gasteiger partial charge in [0.2, 0.25) is 0 Å². The first kappa shape index (κ1) is 19.3. The van der Waals surface area contributed by atoms with Crippen LogP contribution in [0.4, 0.5) is 0 Å². The summed E-state index contributed by atoms with van der Waals surface area (Å²) in [6.45, 7) is 3.91. The Morgan fingerprint density at radius 1 is 1.07 bits per heavy atom. The van der Waals surface area contributed by atoms with Crippen molar-refractivity contribution in [2.75, 3.05) is 13.1 Å². The minimum Gasteiger partial charge on any atom is -0.325 e. The number of fused-ring (bicyclic) bond motifs is 4. The van der Waals surface area contributed by atoms with E-state index in [4.69, 9.17) is 0 Å². The van der Waals surface area contributed by atoms with E-state index in [0.29, 0.717) is 11.2 Å². The van der Waals surface area contributed by atoms with Crippen molar-refractivity contribution in [1.82, 2.24) is 23.6 Å². The number of imidazole rings is 1.